The van der Waals surface area contributed by atoms with Crippen molar-refractivity contribution >= 4 is 0 Å². The summed E-state index contributed by atoms with van der Waals surface area (Å²) < 4.78 is 44.5. The van der Waals surface area contributed by atoms with Crippen LogP contribution in [0.1, 0.15) is 0 Å². The minimum atomic E-state index is -3.02. The Hall–Kier alpha value is -0.280. The van der Waals surface area contributed by atoms with Crippen molar-refractivity contribution in [1.29, 1.82) is 0 Å². The summed E-state index contributed by atoms with van der Waals surface area (Å²) in [6.07, 6.45) is -6.04. The largest absolute Gasteiger partial charge is 0.246 e. The van der Waals surface area contributed by atoms with E-state index in [-0.39, 0.29) is 0 Å². The van der Waals surface area contributed by atoms with E-state index in [2.05, 4.69) is 6.92 Å². The van der Waals surface area contributed by atoms with E-state index in [1.807, 2.05) is 0 Å². The van der Waals surface area contributed by atoms with E-state index in [0.717, 1.165) is 0 Å². The van der Waals surface area contributed by atoms with Crippen LogP contribution in [0.4, 0.5) is 17.6 Å². The van der Waals surface area contributed by atoms with Gasteiger partial charge in [-0.25, -0.2) is 17.6 Å². The average molecular weight is 129 g/mol. The first-order valence-corrected chi connectivity index (χ1v) is 1.95. The Labute approximate surface area is 44.5 Å². The van der Waals surface area contributed by atoms with Crippen LogP contribution in [0, 0.1) is 12.8 Å². The van der Waals surface area contributed by atoms with Gasteiger partial charge >= 0.3 is 0 Å². The molecule has 0 rings (SSSR count). The Bertz CT molecular complexity index is 53.1. The molecule has 8 heavy (non-hydrogen) atoms. The predicted octanol–water partition coefficient (Wildman–Crippen LogP) is 1.97. The van der Waals surface area contributed by atoms with Crippen LogP contribution < -0.4 is 0 Å². The van der Waals surface area contributed by atoms with E-state index in [1.54, 1.807) is 0 Å². The highest BCUT2D eigenvalue weighted by Gasteiger charge is 2.24. The molecule has 0 aliphatic heterocycles. The van der Waals surface area contributed by atoms with Crippen molar-refractivity contribution in [3.63, 3.8) is 0 Å². The van der Waals surface area contributed by atoms with Crippen LogP contribution >= 0.6 is 0 Å². The lowest BCUT2D eigenvalue weighted by Gasteiger charge is -2.05. The van der Waals surface area contributed by atoms with E-state index in [9.17, 15) is 17.6 Å². The van der Waals surface area contributed by atoms with Gasteiger partial charge in [-0.05, 0) is 6.92 Å². The molecule has 0 N–H and O–H groups in total. The van der Waals surface area contributed by atoms with E-state index in [4.69, 9.17) is 0 Å². The first-order chi connectivity index (χ1) is 3.55. The third-order valence-electron chi connectivity index (χ3n) is 0.647. The molecule has 0 bridgehead atoms. The van der Waals surface area contributed by atoms with Crippen molar-refractivity contribution in [1.82, 2.24) is 0 Å². The van der Waals surface area contributed by atoms with Gasteiger partial charge in [0.2, 0.25) is 12.9 Å². The van der Waals surface area contributed by atoms with Crippen molar-refractivity contribution in [3.05, 3.63) is 6.92 Å². The molecular weight excluding hydrogens is 124 g/mol. The molecule has 0 aliphatic carbocycles. The summed E-state index contributed by atoms with van der Waals surface area (Å²) in [7, 11) is 0. The third-order valence-corrected chi connectivity index (χ3v) is 0.647. The molecule has 0 amide bonds. The van der Waals surface area contributed by atoms with Crippen LogP contribution in [0.3, 0.4) is 0 Å². The Kier molecular flexibility index (Phi) is 2.79. The fourth-order valence-electron chi connectivity index (χ4n) is 0.110. The van der Waals surface area contributed by atoms with Crippen LogP contribution in [-0.2, 0) is 0 Å². The minimum absolute atomic E-state index is 2.05. The molecular formula is C4H5F4. The SMILES string of the molecule is [CH2]C(C(F)F)C(F)F. The molecule has 0 unspecified atom stereocenters. The zero-order chi connectivity index (χ0) is 6.73. The predicted molar refractivity (Wildman–Crippen MR) is 20.9 cm³/mol. The van der Waals surface area contributed by atoms with Crippen LogP contribution in [0.25, 0.3) is 0 Å². The molecule has 0 spiro atoms. The average Bonchev–Trinajstić information content (AvgIpc) is 1.64. The van der Waals surface area contributed by atoms with Crippen molar-refractivity contribution in [2.75, 3.05) is 0 Å². The Morgan fingerprint density at radius 2 is 1.12 bits per heavy atom. The number of halogens is 4. The molecule has 0 atom stereocenters. The second-order valence-corrected chi connectivity index (χ2v) is 1.33. The number of hydrogen-bond acceptors (Lipinski definition) is 0. The van der Waals surface area contributed by atoms with Crippen LogP contribution in [-0.4, -0.2) is 12.9 Å². The molecule has 1 radical (unpaired) electrons. The molecule has 0 aromatic carbocycles. The summed E-state index contributed by atoms with van der Waals surface area (Å²) in [5.41, 5.74) is 0. The van der Waals surface area contributed by atoms with Gasteiger partial charge in [0.15, 0.2) is 0 Å². The smallest absolute Gasteiger partial charge is 0.210 e. The van der Waals surface area contributed by atoms with Gasteiger partial charge in [0.25, 0.3) is 0 Å². The molecule has 0 aromatic rings. The topological polar surface area (TPSA) is 0 Å². The molecule has 0 saturated heterocycles. The van der Waals surface area contributed by atoms with Gasteiger partial charge in [0.05, 0.1) is 5.92 Å². The van der Waals surface area contributed by atoms with E-state index in [1.165, 1.54) is 0 Å². The number of rotatable bonds is 2. The van der Waals surface area contributed by atoms with Crippen molar-refractivity contribution < 1.29 is 17.6 Å². The molecule has 0 aromatic heterocycles. The summed E-state index contributed by atoms with van der Waals surface area (Å²) in [5, 5.41) is 0. The standard InChI is InChI=1S/C4H5F4/c1-2(3(5)6)4(7)8/h2-4H,1H2. The lowest BCUT2D eigenvalue weighted by molar-refractivity contribution is -0.00329. The lowest BCUT2D eigenvalue weighted by atomic mass is 10.2. The maximum atomic E-state index is 11.1. The quantitative estimate of drug-likeness (QED) is 0.500. The molecule has 0 fully saturated rings. The molecule has 49 valence electrons. The van der Waals surface area contributed by atoms with Crippen LogP contribution in [0.5, 0.6) is 0 Å². The normalized spacial score (nSPS) is 12.0. The molecule has 0 saturated carbocycles. The first kappa shape index (κ1) is 7.72. The molecule has 0 nitrogen and oxygen atoms in total. The second-order valence-electron chi connectivity index (χ2n) is 1.33. The lowest BCUT2D eigenvalue weighted by Crippen LogP contribution is -2.15. The van der Waals surface area contributed by atoms with Crippen LogP contribution in [0.2, 0.25) is 0 Å². The Balaban J connectivity index is 3.46. The highest BCUT2D eigenvalue weighted by molar-refractivity contribution is 4.64. The monoisotopic (exact) mass is 129 g/mol. The molecule has 0 heterocycles. The number of hydrogen-bond donors (Lipinski definition) is 0. The summed E-state index contributed by atoms with van der Waals surface area (Å²) in [5.74, 6) is -2.05. The van der Waals surface area contributed by atoms with Gasteiger partial charge in [0, 0.05) is 0 Å². The zero-order valence-electron chi connectivity index (χ0n) is 3.95. The van der Waals surface area contributed by atoms with Crippen molar-refractivity contribution in [2.45, 2.75) is 12.9 Å². The van der Waals surface area contributed by atoms with Gasteiger partial charge < -0.3 is 0 Å². The third kappa shape index (κ3) is 2.14. The van der Waals surface area contributed by atoms with Crippen molar-refractivity contribution in [3.8, 4) is 0 Å². The summed E-state index contributed by atoms with van der Waals surface area (Å²) in [6.45, 7) is 2.54. The molecule has 4 heteroatoms. The van der Waals surface area contributed by atoms with Gasteiger partial charge in [-0.3, -0.25) is 0 Å². The Morgan fingerprint density at radius 3 is 1.12 bits per heavy atom. The summed E-state index contributed by atoms with van der Waals surface area (Å²) >= 11 is 0. The fraction of sp³-hybridized carbons (Fsp3) is 0.750. The first-order valence-electron chi connectivity index (χ1n) is 1.95. The van der Waals surface area contributed by atoms with Gasteiger partial charge in [-0.1, -0.05) is 0 Å². The van der Waals surface area contributed by atoms with Gasteiger partial charge in [-0.15, -0.1) is 0 Å². The van der Waals surface area contributed by atoms with Crippen LogP contribution in [0.15, 0.2) is 0 Å². The zero-order valence-corrected chi connectivity index (χ0v) is 3.95. The second kappa shape index (κ2) is 2.89. The highest BCUT2D eigenvalue weighted by atomic mass is 19.3. The van der Waals surface area contributed by atoms with Crippen molar-refractivity contribution in [2.24, 2.45) is 5.92 Å². The highest BCUT2D eigenvalue weighted by Crippen LogP contribution is 2.15. The number of alkyl halides is 4. The van der Waals surface area contributed by atoms with E-state index >= 15 is 0 Å². The summed E-state index contributed by atoms with van der Waals surface area (Å²) in [6, 6.07) is 0. The maximum Gasteiger partial charge on any atom is 0.246 e. The minimum Gasteiger partial charge on any atom is -0.210 e. The maximum absolute atomic E-state index is 11.1. The van der Waals surface area contributed by atoms with E-state index < -0.39 is 18.8 Å². The fourth-order valence-corrected chi connectivity index (χ4v) is 0.110. The Morgan fingerprint density at radius 1 is 0.875 bits per heavy atom. The molecule has 0 aliphatic rings. The van der Waals surface area contributed by atoms with Gasteiger partial charge in [-0.2, -0.15) is 0 Å². The van der Waals surface area contributed by atoms with E-state index in [0.29, 0.717) is 0 Å². The summed E-state index contributed by atoms with van der Waals surface area (Å²) in [4.78, 5) is 0. The van der Waals surface area contributed by atoms with Gasteiger partial charge in [0.1, 0.15) is 0 Å².